The van der Waals surface area contributed by atoms with Crippen molar-refractivity contribution in [1.29, 1.82) is 0 Å². The van der Waals surface area contributed by atoms with Crippen molar-refractivity contribution in [2.75, 3.05) is 19.6 Å². The first-order chi connectivity index (χ1) is 13.4. The summed E-state index contributed by atoms with van der Waals surface area (Å²) in [5.74, 6) is 2.18. The molecule has 150 valence electrons. The molecular formula is C21H29N5O2. The second-order valence-corrected chi connectivity index (χ2v) is 7.17. The Hall–Kier alpha value is -2.80. The lowest BCUT2D eigenvalue weighted by Gasteiger charge is -2.21. The molecule has 1 atom stereocenters. The molecule has 3 aromatic heterocycles. The van der Waals surface area contributed by atoms with Crippen LogP contribution in [0.4, 0.5) is 0 Å². The predicted molar refractivity (Wildman–Crippen MR) is 111 cm³/mol. The van der Waals surface area contributed by atoms with Gasteiger partial charge in [0.05, 0.1) is 12.2 Å². The summed E-state index contributed by atoms with van der Waals surface area (Å²) < 4.78 is 7.56. The van der Waals surface area contributed by atoms with Gasteiger partial charge in [-0.2, -0.15) is 0 Å². The van der Waals surface area contributed by atoms with E-state index in [1.165, 1.54) is 0 Å². The Morgan fingerprint density at radius 1 is 1.32 bits per heavy atom. The van der Waals surface area contributed by atoms with E-state index in [-0.39, 0.29) is 6.54 Å². The van der Waals surface area contributed by atoms with Gasteiger partial charge >= 0.3 is 0 Å². The van der Waals surface area contributed by atoms with Gasteiger partial charge in [0.2, 0.25) is 0 Å². The summed E-state index contributed by atoms with van der Waals surface area (Å²) in [6.07, 6.45) is 4.81. The number of nitrogens with one attached hydrogen (secondary N) is 2. The van der Waals surface area contributed by atoms with Gasteiger partial charge in [-0.15, -0.1) is 0 Å². The highest BCUT2D eigenvalue weighted by Gasteiger charge is 2.27. The fraction of sp³-hybridized carbons (Fsp3) is 0.429. The highest BCUT2D eigenvalue weighted by atomic mass is 16.3. The molecule has 7 heteroatoms. The highest BCUT2D eigenvalue weighted by molar-refractivity contribution is 5.79. The average Bonchev–Trinajstić information content (AvgIpc) is 3.22. The molecule has 0 amide bonds. The molecule has 7 nitrogen and oxygen atoms in total. The van der Waals surface area contributed by atoms with E-state index in [2.05, 4.69) is 20.6 Å². The minimum atomic E-state index is -1.09. The molecule has 0 radical (unpaired) electrons. The Labute approximate surface area is 165 Å². The number of hydrogen-bond acceptors (Lipinski definition) is 4. The number of nitrogens with zero attached hydrogens (tertiary/aromatic N) is 3. The number of aryl methyl sites for hydroxylation is 2. The molecule has 0 bridgehead atoms. The maximum Gasteiger partial charge on any atom is 0.191 e. The Morgan fingerprint density at radius 2 is 2.14 bits per heavy atom. The zero-order chi connectivity index (χ0) is 20.1. The number of pyridine rings is 1. The molecule has 1 unspecified atom stereocenters. The quantitative estimate of drug-likeness (QED) is 0.431. The fourth-order valence-electron chi connectivity index (χ4n) is 3.24. The number of guanidine groups is 1. The molecule has 0 aromatic carbocycles. The van der Waals surface area contributed by atoms with Crippen molar-refractivity contribution in [2.45, 2.75) is 39.7 Å². The van der Waals surface area contributed by atoms with Crippen molar-refractivity contribution in [3.05, 3.63) is 59.4 Å². The van der Waals surface area contributed by atoms with Gasteiger partial charge in [0.15, 0.2) is 5.96 Å². The maximum atomic E-state index is 10.8. The van der Waals surface area contributed by atoms with E-state index in [1.54, 1.807) is 6.92 Å². The summed E-state index contributed by atoms with van der Waals surface area (Å²) in [5.41, 5.74) is 1.64. The lowest BCUT2D eigenvalue weighted by Crippen LogP contribution is -2.39. The lowest BCUT2D eigenvalue weighted by atomic mass is 9.96. The molecule has 3 N–H and O–H groups in total. The standard InChI is InChI=1S/C21H29N5O2/c1-5-22-20(24-14-21(4,27)18-12-15(2)28-16(18)3)23-10-9-17-13-26-11-7-6-8-19(26)25-17/h6-8,11-13,27H,5,9-10,14H2,1-4H3,(H2,22,23,24). The van der Waals surface area contributed by atoms with Crippen molar-refractivity contribution >= 4 is 11.6 Å². The van der Waals surface area contributed by atoms with Crippen molar-refractivity contribution < 1.29 is 9.52 Å². The first-order valence-electron chi connectivity index (χ1n) is 9.63. The summed E-state index contributed by atoms with van der Waals surface area (Å²) in [6, 6.07) is 7.83. The van der Waals surface area contributed by atoms with Crippen LogP contribution < -0.4 is 10.6 Å². The van der Waals surface area contributed by atoms with Crippen LogP contribution >= 0.6 is 0 Å². The summed E-state index contributed by atoms with van der Waals surface area (Å²) in [4.78, 5) is 9.17. The van der Waals surface area contributed by atoms with Crippen molar-refractivity contribution in [3.63, 3.8) is 0 Å². The Balaban J connectivity index is 1.61. The summed E-state index contributed by atoms with van der Waals surface area (Å²) >= 11 is 0. The number of hydrogen-bond donors (Lipinski definition) is 3. The number of furan rings is 1. The minimum absolute atomic E-state index is 0.233. The van der Waals surface area contributed by atoms with Crippen LogP contribution in [0, 0.1) is 13.8 Å². The third kappa shape index (κ3) is 4.72. The number of aromatic nitrogens is 2. The van der Waals surface area contributed by atoms with E-state index in [4.69, 9.17) is 4.42 Å². The van der Waals surface area contributed by atoms with Crippen molar-refractivity contribution in [1.82, 2.24) is 20.0 Å². The number of rotatable bonds is 7. The number of imidazole rings is 1. The van der Waals surface area contributed by atoms with E-state index in [0.717, 1.165) is 41.4 Å². The fourth-order valence-corrected chi connectivity index (χ4v) is 3.24. The molecule has 0 fully saturated rings. The van der Waals surface area contributed by atoms with E-state index < -0.39 is 5.60 Å². The lowest BCUT2D eigenvalue weighted by molar-refractivity contribution is 0.0657. The topological polar surface area (TPSA) is 87.1 Å². The highest BCUT2D eigenvalue weighted by Crippen LogP contribution is 2.27. The Morgan fingerprint density at radius 3 is 2.82 bits per heavy atom. The van der Waals surface area contributed by atoms with Crippen molar-refractivity contribution in [2.24, 2.45) is 4.99 Å². The molecule has 0 saturated carbocycles. The third-order valence-electron chi connectivity index (χ3n) is 4.60. The largest absolute Gasteiger partial charge is 0.466 e. The normalized spacial score (nSPS) is 14.2. The van der Waals surface area contributed by atoms with E-state index in [1.807, 2.05) is 61.8 Å². The molecule has 28 heavy (non-hydrogen) atoms. The second kappa shape index (κ2) is 8.48. The van der Waals surface area contributed by atoms with Gasteiger partial charge in [-0.1, -0.05) is 6.07 Å². The van der Waals surface area contributed by atoms with Gasteiger partial charge in [0.25, 0.3) is 0 Å². The molecular weight excluding hydrogens is 354 g/mol. The SMILES string of the molecule is CCNC(=NCC(C)(O)c1cc(C)oc1C)NCCc1cn2ccccc2n1. The number of aliphatic imine (C=N–C) groups is 1. The molecule has 0 aliphatic heterocycles. The third-order valence-corrected chi connectivity index (χ3v) is 4.60. The van der Waals surface area contributed by atoms with Gasteiger partial charge in [-0.25, -0.2) is 9.98 Å². The zero-order valence-electron chi connectivity index (χ0n) is 17.0. The Kier molecular flexibility index (Phi) is 6.04. The molecule has 3 rings (SSSR count). The summed E-state index contributed by atoms with van der Waals surface area (Å²) in [5, 5.41) is 17.4. The van der Waals surface area contributed by atoms with Gasteiger partial charge in [0.1, 0.15) is 22.8 Å². The average molecular weight is 383 g/mol. The number of aliphatic hydroxyl groups is 1. The predicted octanol–water partition coefficient (Wildman–Crippen LogP) is 2.55. The van der Waals surface area contributed by atoms with Crippen LogP contribution in [0.25, 0.3) is 5.65 Å². The van der Waals surface area contributed by atoms with Gasteiger partial charge in [-0.3, -0.25) is 0 Å². The monoisotopic (exact) mass is 383 g/mol. The van der Waals surface area contributed by atoms with Crippen LogP contribution in [0.15, 0.2) is 46.1 Å². The second-order valence-electron chi connectivity index (χ2n) is 7.17. The van der Waals surface area contributed by atoms with Crippen LogP contribution in [0.2, 0.25) is 0 Å². The van der Waals surface area contributed by atoms with E-state index in [0.29, 0.717) is 12.5 Å². The van der Waals surface area contributed by atoms with Crippen LogP contribution in [0.5, 0.6) is 0 Å². The minimum Gasteiger partial charge on any atom is -0.466 e. The molecule has 0 saturated heterocycles. The molecule has 3 heterocycles. The van der Waals surface area contributed by atoms with Crippen LogP contribution in [0.3, 0.4) is 0 Å². The summed E-state index contributed by atoms with van der Waals surface area (Å²) in [7, 11) is 0. The molecule has 0 aliphatic rings. The zero-order valence-corrected chi connectivity index (χ0v) is 17.0. The molecule has 0 aliphatic carbocycles. The van der Waals surface area contributed by atoms with Crippen LogP contribution in [-0.4, -0.2) is 40.1 Å². The molecule has 0 spiro atoms. The van der Waals surface area contributed by atoms with E-state index in [9.17, 15) is 5.11 Å². The van der Waals surface area contributed by atoms with Crippen LogP contribution in [0.1, 0.15) is 36.6 Å². The van der Waals surface area contributed by atoms with E-state index >= 15 is 0 Å². The van der Waals surface area contributed by atoms with Gasteiger partial charge < -0.3 is 24.6 Å². The first kappa shape index (κ1) is 19.9. The molecule has 3 aromatic rings. The smallest absolute Gasteiger partial charge is 0.191 e. The van der Waals surface area contributed by atoms with Gasteiger partial charge in [0, 0.05) is 37.5 Å². The summed E-state index contributed by atoms with van der Waals surface area (Å²) in [6.45, 7) is 9.18. The first-order valence-corrected chi connectivity index (χ1v) is 9.63. The van der Waals surface area contributed by atoms with Gasteiger partial charge in [-0.05, 0) is 45.9 Å². The van der Waals surface area contributed by atoms with Crippen molar-refractivity contribution in [3.8, 4) is 0 Å². The number of fused-ring (bicyclic) bond motifs is 1. The Bertz CT molecular complexity index is 922. The van der Waals surface area contributed by atoms with Crippen LogP contribution in [-0.2, 0) is 12.0 Å². The maximum absolute atomic E-state index is 10.8.